The van der Waals surface area contributed by atoms with E-state index in [1.807, 2.05) is 32.0 Å². The van der Waals surface area contributed by atoms with Crippen molar-refractivity contribution in [1.29, 1.82) is 0 Å². The topological polar surface area (TPSA) is 71.1 Å². The van der Waals surface area contributed by atoms with E-state index in [-0.39, 0.29) is 23.2 Å². The molecule has 0 radical (unpaired) electrons. The summed E-state index contributed by atoms with van der Waals surface area (Å²) in [6.45, 7) is 5.19. The van der Waals surface area contributed by atoms with Crippen LogP contribution in [0.25, 0.3) is 0 Å². The second-order valence-electron chi connectivity index (χ2n) is 6.36. The molecule has 1 aromatic heterocycles. The van der Waals surface area contributed by atoms with Crippen LogP contribution in [0.3, 0.4) is 0 Å². The highest BCUT2D eigenvalue weighted by atomic mass is 16.2. The Kier molecular flexibility index (Phi) is 7.14. The summed E-state index contributed by atoms with van der Waals surface area (Å²) in [4.78, 5) is 28.4. The van der Waals surface area contributed by atoms with Crippen molar-refractivity contribution in [3.63, 3.8) is 0 Å². The van der Waals surface area contributed by atoms with Gasteiger partial charge < -0.3 is 10.6 Å². The van der Waals surface area contributed by atoms with Crippen LogP contribution in [0.5, 0.6) is 0 Å². The molecule has 5 nitrogen and oxygen atoms in total. The Morgan fingerprint density at radius 3 is 2.20 bits per heavy atom. The van der Waals surface area contributed by atoms with Crippen molar-refractivity contribution in [2.75, 3.05) is 13.1 Å². The predicted octanol–water partition coefficient (Wildman–Crippen LogP) is 2.83. The molecule has 2 N–H and O–H groups in total. The van der Waals surface area contributed by atoms with Gasteiger partial charge in [-0.15, -0.1) is 0 Å². The Bertz CT molecular complexity index is 699. The molecule has 2 aromatic rings. The van der Waals surface area contributed by atoms with Gasteiger partial charge in [0.15, 0.2) is 0 Å². The van der Waals surface area contributed by atoms with E-state index < -0.39 is 0 Å². The fraction of sp³-hybridized carbons (Fsp3) is 0.350. The molecule has 0 unspecified atom stereocenters. The van der Waals surface area contributed by atoms with Crippen molar-refractivity contribution in [1.82, 2.24) is 15.6 Å². The summed E-state index contributed by atoms with van der Waals surface area (Å²) in [6, 6.07) is 15.1. The fourth-order valence-electron chi connectivity index (χ4n) is 2.30. The summed E-state index contributed by atoms with van der Waals surface area (Å²) in [5, 5.41) is 5.65. The second kappa shape index (κ2) is 9.57. The van der Waals surface area contributed by atoms with Crippen molar-refractivity contribution in [3.05, 3.63) is 65.5 Å². The molecule has 0 spiro atoms. The van der Waals surface area contributed by atoms with Gasteiger partial charge in [0.05, 0.1) is 0 Å². The molecule has 2 amide bonds. The second-order valence-corrected chi connectivity index (χ2v) is 6.36. The zero-order chi connectivity index (χ0) is 18.1. The third kappa shape index (κ3) is 6.37. The average molecular weight is 339 g/mol. The van der Waals surface area contributed by atoms with Crippen LogP contribution in [-0.2, 0) is 6.42 Å². The zero-order valence-corrected chi connectivity index (χ0v) is 14.8. The predicted molar refractivity (Wildman–Crippen MR) is 98.5 cm³/mol. The van der Waals surface area contributed by atoms with Crippen LogP contribution in [0.2, 0.25) is 0 Å². The van der Waals surface area contributed by atoms with Gasteiger partial charge in [0, 0.05) is 13.1 Å². The van der Waals surface area contributed by atoms with Gasteiger partial charge >= 0.3 is 0 Å². The Morgan fingerprint density at radius 2 is 1.56 bits per heavy atom. The number of amides is 2. The van der Waals surface area contributed by atoms with Gasteiger partial charge in [-0.3, -0.25) is 9.59 Å². The van der Waals surface area contributed by atoms with Crippen molar-refractivity contribution < 1.29 is 9.59 Å². The van der Waals surface area contributed by atoms with Gasteiger partial charge in [-0.2, -0.15) is 0 Å². The first kappa shape index (κ1) is 18.6. The molecule has 0 saturated carbocycles. The smallest absolute Gasteiger partial charge is 0.269 e. The molecular formula is C20H25N3O2. The van der Waals surface area contributed by atoms with Crippen molar-refractivity contribution in [2.24, 2.45) is 5.92 Å². The molecule has 0 saturated heterocycles. The molecule has 25 heavy (non-hydrogen) atoms. The summed E-state index contributed by atoms with van der Waals surface area (Å²) < 4.78 is 0. The van der Waals surface area contributed by atoms with Gasteiger partial charge in [-0.05, 0) is 36.5 Å². The van der Waals surface area contributed by atoms with Crippen molar-refractivity contribution in [2.45, 2.75) is 26.7 Å². The third-order valence-corrected chi connectivity index (χ3v) is 3.66. The van der Waals surface area contributed by atoms with E-state index in [2.05, 4.69) is 27.8 Å². The lowest BCUT2D eigenvalue weighted by Gasteiger charge is -2.08. The molecule has 132 valence electrons. The quantitative estimate of drug-likeness (QED) is 0.727. The van der Waals surface area contributed by atoms with Gasteiger partial charge in [0.1, 0.15) is 11.4 Å². The fourth-order valence-corrected chi connectivity index (χ4v) is 2.30. The molecule has 1 aromatic carbocycles. The number of carbonyl (C=O) groups is 2. The van der Waals surface area contributed by atoms with Crippen LogP contribution in [-0.4, -0.2) is 29.9 Å². The normalized spacial score (nSPS) is 10.5. The first-order valence-corrected chi connectivity index (χ1v) is 8.63. The molecule has 5 heteroatoms. The first-order valence-electron chi connectivity index (χ1n) is 8.63. The third-order valence-electron chi connectivity index (χ3n) is 3.66. The van der Waals surface area contributed by atoms with E-state index in [1.165, 1.54) is 5.56 Å². The van der Waals surface area contributed by atoms with E-state index >= 15 is 0 Å². The maximum absolute atomic E-state index is 12.2. The molecule has 1 heterocycles. The highest BCUT2D eigenvalue weighted by Crippen LogP contribution is 2.03. The number of pyridine rings is 1. The van der Waals surface area contributed by atoms with Gasteiger partial charge in [0.2, 0.25) is 0 Å². The number of hydrogen-bond acceptors (Lipinski definition) is 3. The minimum Gasteiger partial charge on any atom is -0.351 e. The molecule has 0 atom stereocenters. The molecule has 0 fully saturated rings. The number of rotatable bonds is 8. The molecule has 0 bridgehead atoms. The minimum atomic E-state index is -0.258. The molecule has 0 aliphatic rings. The van der Waals surface area contributed by atoms with Crippen LogP contribution in [0, 0.1) is 5.92 Å². The number of nitrogens with zero attached hydrogens (tertiary/aromatic N) is 1. The summed E-state index contributed by atoms with van der Waals surface area (Å²) in [5.74, 6) is -0.154. The molecule has 0 aliphatic carbocycles. The van der Waals surface area contributed by atoms with Crippen LogP contribution < -0.4 is 10.6 Å². The number of carbonyl (C=O) groups excluding carboxylic acids is 2. The Labute approximate surface area is 148 Å². The monoisotopic (exact) mass is 339 g/mol. The van der Waals surface area contributed by atoms with E-state index in [4.69, 9.17) is 0 Å². The lowest BCUT2D eigenvalue weighted by molar-refractivity contribution is 0.0941. The van der Waals surface area contributed by atoms with Crippen LogP contribution >= 0.6 is 0 Å². The zero-order valence-electron chi connectivity index (χ0n) is 14.8. The van der Waals surface area contributed by atoms with Crippen LogP contribution in [0.4, 0.5) is 0 Å². The number of aromatic nitrogens is 1. The lowest BCUT2D eigenvalue weighted by Crippen LogP contribution is -2.30. The standard InChI is InChI=1S/C20H25N3O2/c1-15(2)14-22-20(25)18-12-6-11-17(23-18)19(24)21-13-7-10-16-8-4-3-5-9-16/h3-6,8-9,11-12,15H,7,10,13-14H2,1-2H3,(H,21,24)(H,22,25). The largest absolute Gasteiger partial charge is 0.351 e. The summed E-state index contributed by atoms with van der Waals surface area (Å²) in [6.07, 6.45) is 1.76. The SMILES string of the molecule is CC(C)CNC(=O)c1cccc(C(=O)NCCCc2ccccc2)n1. The summed E-state index contributed by atoms with van der Waals surface area (Å²) in [5.41, 5.74) is 1.77. The maximum atomic E-state index is 12.2. The first-order chi connectivity index (χ1) is 12.1. The number of benzene rings is 1. The van der Waals surface area contributed by atoms with Gasteiger partial charge in [0.25, 0.3) is 11.8 Å². The highest BCUT2D eigenvalue weighted by molar-refractivity contribution is 5.96. The Balaban J connectivity index is 1.83. The number of nitrogens with one attached hydrogen (secondary N) is 2. The Morgan fingerprint density at radius 1 is 0.920 bits per heavy atom. The molecule has 0 aliphatic heterocycles. The highest BCUT2D eigenvalue weighted by Gasteiger charge is 2.12. The van der Waals surface area contributed by atoms with Gasteiger partial charge in [-0.25, -0.2) is 4.98 Å². The minimum absolute atomic E-state index is 0.257. The number of hydrogen-bond donors (Lipinski definition) is 2. The summed E-state index contributed by atoms with van der Waals surface area (Å²) in [7, 11) is 0. The van der Waals surface area contributed by atoms with Crippen LogP contribution in [0.1, 0.15) is 46.8 Å². The Hall–Kier alpha value is -2.69. The van der Waals surface area contributed by atoms with E-state index in [1.54, 1.807) is 18.2 Å². The van der Waals surface area contributed by atoms with Gasteiger partial charge in [-0.1, -0.05) is 50.2 Å². The molecule has 2 rings (SSSR count). The lowest BCUT2D eigenvalue weighted by atomic mass is 10.1. The van der Waals surface area contributed by atoms with Crippen molar-refractivity contribution >= 4 is 11.8 Å². The van der Waals surface area contributed by atoms with E-state index in [0.717, 1.165) is 12.8 Å². The van der Waals surface area contributed by atoms with E-state index in [9.17, 15) is 9.59 Å². The van der Waals surface area contributed by atoms with E-state index in [0.29, 0.717) is 19.0 Å². The average Bonchev–Trinajstić information content (AvgIpc) is 2.64. The number of aryl methyl sites for hydroxylation is 1. The maximum Gasteiger partial charge on any atom is 0.269 e. The van der Waals surface area contributed by atoms with Crippen molar-refractivity contribution in [3.8, 4) is 0 Å². The van der Waals surface area contributed by atoms with Crippen LogP contribution in [0.15, 0.2) is 48.5 Å². The summed E-state index contributed by atoms with van der Waals surface area (Å²) >= 11 is 0. The molecular weight excluding hydrogens is 314 g/mol.